The van der Waals surface area contributed by atoms with E-state index in [2.05, 4.69) is 21.8 Å². The zero-order valence-corrected chi connectivity index (χ0v) is 19.5. The highest BCUT2D eigenvalue weighted by molar-refractivity contribution is 6.00. The van der Waals surface area contributed by atoms with E-state index in [4.69, 9.17) is 9.47 Å². The molecule has 0 saturated heterocycles. The third kappa shape index (κ3) is 6.64. The number of hydrogen-bond donors (Lipinski definition) is 1. The molecule has 6 nitrogen and oxygen atoms in total. The Morgan fingerprint density at radius 3 is 2.36 bits per heavy atom. The lowest BCUT2D eigenvalue weighted by Crippen LogP contribution is -2.15. The second kappa shape index (κ2) is 10.3. The predicted octanol–water partition coefficient (Wildman–Crippen LogP) is 4.32. The molecule has 0 radical (unpaired) electrons. The van der Waals surface area contributed by atoms with Crippen molar-refractivity contribution >= 4 is 5.78 Å². The van der Waals surface area contributed by atoms with Crippen LogP contribution in [0.15, 0.2) is 54.6 Å². The van der Waals surface area contributed by atoms with E-state index < -0.39 is 11.5 Å². The average molecular weight is 445 g/mol. The van der Waals surface area contributed by atoms with E-state index >= 15 is 0 Å². The predicted molar refractivity (Wildman–Crippen MR) is 126 cm³/mol. The molecule has 170 valence electrons. The Hall–Kier alpha value is -3.69. The summed E-state index contributed by atoms with van der Waals surface area (Å²) in [6.07, 6.45) is 0. The number of aliphatic hydroxyl groups is 1. The number of nitrogens with zero attached hydrogens (tertiary/aromatic N) is 2. The van der Waals surface area contributed by atoms with Gasteiger partial charge in [0.05, 0.1) is 18.6 Å². The third-order valence-electron chi connectivity index (χ3n) is 5.18. The summed E-state index contributed by atoms with van der Waals surface area (Å²) in [5, 5.41) is 10.1. The zero-order chi connectivity index (χ0) is 24.0. The molecule has 0 fully saturated rings. The van der Waals surface area contributed by atoms with Gasteiger partial charge in [-0.15, -0.1) is 0 Å². The summed E-state index contributed by atoms with van der Waals surface area (Å²) in [6.45, 7) is 7.34. The molecule has 1 aromatic heterocycles. The van der Waals surface area contributed by atoms with Crippen LogP contribution < -0.4 is 9.47 Å². The summed E-state index contributed by atoms with van der Waals surface area (Å²) in [5.41, 5.74) is 2.09. The van der Waals surface area contributed by atoms with Crippen LogP contribution in [0.4, 0.5) is 0 Å². The van der Waals surface area contributed by atoms with E-state index in [1.807, 2.05) is 55.5 Å². The Bertz CT molecular complexity index is 1170. The number of rotatable bonds is 7. The van der Waals surface area contributed by atoms with Gasteiger partial charge in [0.2, 0.25) is 11.7 Å². The second-order valence-electron chi connectivity index (χ2n) is 8.29. The normalized spacial score (nSPS) is 11.8. The van der Waals surface area contributed by atoms with E-state index in [9.17, 15) is 9.90 Å². The lowest BCUT2D eigenvalue weighted by molar-refractivity contribution is -0.114. The second-order valence-corrected chi connectivity index (χ2v) is 8.29. The summed E-state index contributed by atoms with van der Waals surface area (Å²) >= 11 is 0. The quantitative estimate of drug-likeness (QED) is 0.547. The molecule has 0 amide bonds. The molecule has 6 heteroatoms. The van der Waals surface area contributed by atoms with Gasteiger partial charge in [0.1, 0.15) is 23.9 Å². The van der Waals surface area contributed by atoms with E-state index in [1.165, 1.54) is 0 Å². The first-order valence-electron chi connectivity index (χ1n) is 10.7. The molecule has 0 spiro atoms. The van der Waals surface area contributed by atoms with Crippen LogP contribution >= 0.6 is 0 Å². The van der Waals surface area contributed by atoms with Crippen molar-refractivity contribution in [1.82, 2.24) is 9.97 Å². The Kier molecular flexibility index (Phi) is 7.47. The summed E-state index contributed by atoms with van der Waals surface area (Å²) in [6, 6.07) is 16.5. The number of ether oxygens (including phenoxy) is 2. The number of benzene rings is 2. The third-order valence-corrected chi connectivity index (χ3v) is 5.18. The first kappa shape index (κ1) is 24.0. The number of hydrogen-bond acceptors (Lipinski definition) is 6. The van der Waals surface area contributed by atoms with Crippen LogP contribution in [-0.4, -0.2) is 28.0 Å². The minimum Gasteiger partial charge on any atom is -0.497 e. The van der Waals surface area contributed by atoms with E-state index in [0.717, 1.165) is 22.4 Å². The molecule has 33 heavy (non-hydrogen) atoms. The molecular weight excluding hydrogens is 416 g/mol. The molecule has 0 aliphatic carbocycles. The molecule has 1 heterocycles. The fourth-order valence-corrected chi connectivity index (χ4v) is 3.12. The highest BCUT2D eigenvalue weighted by Gasteiger charge is 2.18. The molecule has 0 aliphatic rings. The fourth-order valence-electron chi connectivity index (χ4n) is 3.12. The first-order chi connectivity index (χ1) is 15.7. The minimum absolute atomic E-state index is 0.219. The van der Waals surface area contributed by atoms with Gasteiger partial charge in [-0.05, 0) is 61.4 Å². The van der Waals surface area contributed by atoms with Gasteiger partial charge in [0.15, 0.2) is 0 Å². The average Bonchev–Trinajstić information content (AvgIpc) is 2.80. The van der Waals surface area contributed by atoms with Gasteiger partial charge in [0.25, 0.3) is 0 Å². The maximum absolute atomic E-state index is 12.6. The van der Waals surface area contributed by atoms with Crippen LogP contribution in [0.25, 0.3) is 0 Å². The Labute approximate surface area is 194 Å². The maximum atomic E-state index is 12.6. The molecule has 0 saturated carbocycles. The Morgan fingerprint density at radius 1 is 1.09 bits per heavy atom. The molecular formula is C27H28N2O4. The van der Waals surface area contributed by atoms with E-state index in [1.54, 1.807) is 33.9 Å². The lowest BCUT2D eigenvalue weighted by atomic mass is 9.92. The number of aromatic nitrogens is 2. The van der Waals surface area contributed by atoms with Crippen LogP contribution in [0.5, 0.6) is 11.6 Å². The van der Waals surface area contributed by atoms with Crippen molar-refractivity contribution in [2.45, 2.75) is 45.8 Å². The molecule has 3 aromatic rings. The van der Waals surface area contributed by atoms with Gasteiger partial charge in [-0.3, -0.25) is 4.79 Å². The van der Waals surface area contributed by atoms with Gasteiger partial charge < -0.3 is 14.6 Å². The summed E-state index contributed by atoms with van der Waals surface area (Å²) in [7, 11) is 1.62. The van der Waals surface area contributed by atoms with Crippen LogP contribution in [0.2, 0.25) is 0 Å². The topological polar surface area (TPSA) is 81.5 Å². The number of methoxy groups -OCH3 is 1. The van der Waals surface area contributed by atoms with Gasteiger partial charge in [0, 0.05) is 6.07 Å². The number of Topliss-reactive ketones (excluding diaryl/α,β-unsaturated/α-hetero) is 1. The van der Waals surface area contributed by atoms with Crippen molar-refractivity contribution in [3.8, 4) is 23.5 Å². The van der Waals surface area contributed by atoms with Crippen molar-refractivity contribution in [2.24, 2.45) is 0 Å². The smallest absolute Gasteiger partial charge is 0.218 e. The van der Waals surface area contributed by atoms with Gasteiger partial charge in [-0.1, -0.05) is 43.3 Å². The highest BCUT2D eigenvalue weighted by Crippen LogP contribution is 2.23. The molecule has 0 bridgehead atoms. The Morgan fingerprint density at radius 2 is 1.76 bits per heavy atom. The molecule has 0 aliphatic heterocycles. The van der Waals surface area contributed by atoms with Gasteiger partial charge in [-0.25, -0.2) is 4.98 Å². The largest absolute Gasteiger partial charge is 0.497 e. The Balaban J connectivity index is 1.68. The van der Waals surface area contributed by atoms with Crippen molar-refractivity contribution in [2.75, 3.05) is 7.11 Å². The fraction of sp³-hybridized carbons (Fsp3) is 0.296. The number of aryl methyl sites for hydroxylation is 1. The number of ketones is 1. The molecule has 1 atom stereocenters. The molecule has 1 unspecified atom stereocenters. The van der Waals surface area contributed by atoms with Crippen LogP contribution in [0.1, 0.15) is 54.9 Å². The molecule has 1 N–H and O–H groups in total. The van der Waals surface area contributed by atoms with Crippen molar-refractivity contribution in [1.29, 1.82) is 0 Å². The van der Waals surface area contributed by atoms with Crippen LogP contribution in [0.3, 0.4) is 0 Å². The summed E-state index contributed by atoms with van der Waals surface area (Å²) in [4.78, 5) is 21.2. The number of carbonyl (C=O) groups excluding carboxylic acids is 1. The highest BCUT2D eigenvalue weighted by atomic mass is 16.5. The van der Waals surface area contributed by atoms with E-state index in [-0.39, 0.29) is 5.78 Å². The summed E-state index contributed by atoms with van der Waals surface area (Å²) < 4.78 is 10.9. The lowest BCUT2D eigenvalue weighted by Gasteiger charge is -2.18. The molecule has 3 rings (SSSR count). The van der Waals surface area contributed by atoms with Crippen LogP contribution in [-0.2, 0) is 17.0 Å². The minimum atomic E-state index is -0.927. The summed E-state index contributed by atoms with van der Waals surface area (Å²) in [5.74, 6) is 6.58. The molecule has 2 aromatic carbocycles. The van der Waals surface area contributed by atoms with Gasteiger partial charge >= 0.3 is 0 Å². The SMILES string of the molecule is COc1ccc(COc2cc(C#CC(=O)C(C)c3ccc(C(C)(C)O)cc3)nc(C)n2)cc1. The van der Waals surface area contributed by atoms with E-state index in [0.29, 0.717) is 24.0 Å². The van der Waals surface area contributed by atoms with Crippen molar-refractivity contribution in [3.05, 3.63) is 82.8 Å². The van der Waals surface area contributed by atoms with Crippen molar-refractivity contribution < 1.29 is 19.4 Å². The monoisotopic (exact) mass is 444 g/mol. The van der Waals surface area contributed by atoms with Crippen molar-refractivity contribution in [3.63, 3.8) is 0 Å². The number of carbonyl (C=O) groups is 1. The zero-order valence-electron chi connectivity index (χ0n) is 19.5. The maximum Gasteiger partial charge on any atom is 0.218 e. The van der Waals surface area contributed by atoms with Gasteiger partial charge in [-0.2, -0.15) is 4.98 Å². The first-order valence-corrected chi connectivity index (χ1v) is 10.7. The standard InChI is InChI=1S/C27H28N2O4/c1-18(21-8-10-22(11-9-21)27(3,4)31)25(30)15-12-23-16-26(29-19(2)28-23)33-17-20-6-13-24(32-5)14-7-20/h6-11,13-14,16,18,31H,17H2,1-5H3. The van der Waals surface area contributed by atoms with Crippen LogP contribution in [0, 0.1) is 18.8 Å².